The summed E-state index contributed by atoms with van der Waals surface area (Å²) in [7, 11) is 0. The molecule has 106 valence electrons. The normalized spacial score (nSPS) is 14.9. The molecule has 0 spiro atoms. The molecule has 0 bridgehead atoms. The number of amides is 1. The van der Waals surface area contributed by atoms with Crippen LogP contribution in [0.15, 0.2) is 12.5 Å². The quantitative estimate of drug-likeness (QED) is 0.699. The zero-order valence-corrected chi connectivity index (χ0v) is 11.9. The highest BCUT2D eigenvalue weighted by atomic mass is 16.1. The molecule has 5 nitrogen and oxygen atoms in total. The molecule has 0 aliphatic heterocycles. The third kappa shape index (κ3) is 4.67. The van der Waals surface area contributed by atoms with E-state index in [-0.39, 0.29) is 5.91 Å². The number of nitrogens with one attached hydrogen (secondary N) is 2. The highest BCUT2D eigenvalue weighted by molar-refractivity contribution is 5.76. The van der Waals surface area contributed by atoms with Gasteiger partial charge in [-0.1, -0.05) is 13.8 Å². The minimum absolute atomic E-state index is 0.122. The first kappa shape index (κ1) is 14.1. The van der Waals surface area contributed by atoms with Gasteiger partial charge in [-0.2, -0.15) is 0 Å². The average molecular weight is 264 g/mol. The van der Waals surface area contributed by atoms with Crippen LogP contribution in [-0.2, 0) is 11.3 Å². The Kier molecular flexibility index (Phi) is 4.96. The van der Waals surface area contributed by atoms with Gasteiger partial charge in [0.05, 0.1) is 12.0 Å². The van der Waals surface area contributed by atoms with Gasteiger partial charge in [0, 0.05) is 38.3 Å². The van der Waals surface area contributed by atoms with Crippen molar-refractivity contribution >= 4 is 5.91 Å². The van der Waals surface area contributed by atoms with Gasteiger partial charge in [-0.15, -0.1) is 0 Å². The van der Waals surface area contributed by atoms with Gasteiger partial charge in [-0.25, -0.2) is 4.98 Å². The van der Waals surface area contributed by atoms with E-state index in [1.165, 1.54) is 18.5 Å². The van der Waals surface area contributed by atoms with E-state index in [0.29, 0.717) is 24.9 Å². The van der Waals surface area contributed by atoms with Crippen LogP contribution in [-0.4, -0.2) is 28.5 Å². The maximum atomic E-state index is 11.5. The lowest BCUT2D eigenvalue weighted by atomic mass is 10.2. The van der Waals surface area contributed by atoms with Crippen LogP contribution in [0.3, 0.4) is 0 Å². The van der Waals surface area contributed by atoms with E-state index in [4.69, 9.17) is 0 Å². The summed E-state index contributed by atoms with van der Waals surface area (Å²) >= 11 is 0. The van der Waals surface area contributed by atoms with Gasteiger partial charge in [0.15, 0.2) is 0 Å². The number of nitrogens with zero attached hydrogens (tertiary/aromatic N) is 2. The van der Waals surface area contributed by atoms with E-state index in [1.54, 1.807) is 0 Å². The molecular formula is C14H24N4O. The highest BCUT2D eigenvalue weighted by Crippen LogP contribution is 2.35. The van der Waals surface area contributed by atoms with Crippen molar-refractivity contribution in [1.29, 1.82) is 0 Å². The van der Waals surface area contributed by atoms with Crippen LogP contribution in [0.5, 0.6) is 0 Å². The molecule has 1 aromatic rings. The predicted octanol–water partition coefficient (Wildman–Crippen LogP) is 1.47. The van der Waals surface area contributed by atoms with Crippen LogP contribution in [0.25, 0.3) is 0 Å². The summed E-state index contributed by atoms with van der Waals surface area (Å²) in [6.45, 7) is 6.44. The van der Waals surface area contributed by atoms with Gasteiger partial charge in [0.1, 0.15) is 0 Å². The molecule has 1 aromatic heterocycles. The maximum Gasteiger partial charge on any atom is 0.221 e. The number of hydrogen-bond acceptors (Lipinski definition) is 3. The first-order valence-corrected chi connectivity index (χ1v) is 7.15. The second kappa shape index (κ2) is 6.70. The number of hydrogen-bond donors (Lipinski definition) is 2. The first-order valence-electron chi connectivity index (χ1n) is 7.15. The SMILES string of the molecule is CC(C)CNC(=O)CCNCc1cncn1C1CC1. The number of rotatable bonds is 8. The summed E-state index contributed by atoms with van der Waals surface area (Å²) in [5.41, 5.74) is 1.21. The molecule has 1 fully saturated rings. The lowest BCUT2D eigenvalue weighted by Crippen LogP contribution is -2.30. The smallest absolute Gasteiger partial charge is 0.221 e. The fourth-order valence-corrected chi connectivity index (χ4v) is 1.98. The van der Waals surface area contributed by atoms with E-state index < -0.39 is 0 Å². The average Bonchev–Trinajstić information content (AvgIpc) is 3.12. The van der Waals surface area contributed by atoms with Gasteiger partial charge in [-0.3, -0.25) is 4.79 Å². The predicted molar refractivity (Wildman–Crippen MR) is 74.7 cm³/mol. The Morgan fingerprint density at radius 2 is 2.32 bits per heavy atom. The minimum atomic E-state index is 0.122. The number of carbonyl (C=O) groups is 1. The zero-order chi connectivity index (χ0) is 13.7. The van der Waals surface area contributed by atoms with E-state index >= 15 is 0 Å². The van der Waals surface area contributed by atoms with Crippen molar-refractivity contribution in [2.45, 2.75) is 45.7 Å². The standard InChI is InChI=1S/C14H24N4O/c1-11(2)7-17-14(19)5-6-15-8-13-9-16-10-18(13)12-3-4-12/h9-12,15H,3-8H2,1-2H3,(H,17,19). The van der Waals surface area contributed by atoms with Crippen LogP contribution in [0, 0.1) is 5.92 Å². The summed E-state index contributed by atoms with van der Waals surface area (Å²) < 4.78 is 2.24. The molecule has 1 aliphatic rings. The van der Waals surface area contributed by atoms with Gasteiger partial charge >= 0.3 is 0 Å². The molecule has 0 aromatic carbocycles. The summed E-state index contributed by atoms with van der Waals surface area (Å²) in [6.07, 6.45) is 6.88. The van der Waals surface area contributed by atoms with Crippen molar-refractivity contribution in [2.75, 3.05) is 13.1 Å². The largest absolute Gasteiger partial charge is 0.356 e. The molecule has 0 atom stereocenters. The first-order chi connectivity index (χ1) is 9.16. The van der Waals surface area contributed by atoms with Gasteiger partial charge in [0.25, 0.3) is 0 Å². The van der Waals surface area contributed by atoms with E-state index in [9.17, 15) is 4.79 Å². The lowest BCUT2D eigenvalue weighted by molar-refractivity contribution is -0.121. The molecule has 5 heteroatoms. The molecule has 2 rings (SSSR count). The molecule has 1 heterocycles. The van der Waals surface area contributed by atoms with Crippen molar-refractivity contribution in [3.05, 3.63) is 18.2 Å². The summed E-state index contributed by atoms with van der Waals surface area (Å²) in [5.74, 6) is 0.627. The van der Waals surface area contributed by atoms with E-state index in [0.717, 1.165) is 13.1 Å². The maximum absolute atomic E-state index is 11.5. The van der Waals surface area contributed by atoms with Gasteiger partial charge < -0.3 is 15.2 Å². The monoisotopic (exact) mass is 264 g/mol. The second-order valence-corrected chi connectivity index (χ2v) is 5.65. The van der Waals surface area contributed by atoms with Crippen LogP contribution >= 0.6 is 0 Å². The molecule has 1 aliphatic carbocycles. The molecule has 0 saturated heterocycles. The third-order valence-corrected chi connectivity index (χ3v) is 3.23. The van der Waals surface area contributed by atoms with Gasteiger partial charge in [-0.05, 0) is 18.8 Å². The molecule has 1 saturated carbocycles. The highest BCUT2D eigenvalue weighted by Gasteiger charge is 2.24. The number of imidazole rings is 1. The fourth-order valence-electron chi connectivity index (χ4n) is 1.98. The van der Waals surface area contributed by atoms with E-state index in [1.807, 2.05) is 12.5 Å². The Labute approximate surface area is 114 Å². The van der Waals surface area contributed by atoms with Crippen LogP contribution in [0.1, 0.15) is 44.8 Å². The summed E-state index contributed by atoms with van der Waals surface area (Å²) in [6, 6.07) is 0.661. The second-order valence-electron chi connectivity index (χ2n) is 5.65. The Balaban J connectivity index is 1.61. The van der Waals surface area contributed by atoms with E-state index in [2.05, 4.69) is 34.0 Å². The zero-order valence-electron chi connectivity index (χ0n) is 11.9. The Hall–Kier alpha value is -1.36. The molecule has 0 radical (unpaired) electrons. The summed E-state index contributed by atoms with van der Waals surface area (Å²) in [5, 5.41) is 6.23. The van der Waals surface area contributed by atoms with Crippen LogP contribution < -0.4 is 10.6 Å². The van der Waals surface area contributed by atoms with Crippen LogP contribution in [0.2, 0.25) is 0 Å². The number of carbonyl (C=O) groups excluding carboxylic acids is 1. The Bertz CT molecular complexity index is 409. The van der Waals surface area contributed by atoms with Crippen molar-refractivity contribution in [3.8, 4) is 0 Å². The van der Waals surface area contributed by atoms with Crippen LogP contribution in [0.4, 0.5) is 0 Å². The Morgan fingerprint density at radius 3 is 3.00 bits per heavy atom. The minimum Gasteiger partial charge on any atom is -0.356 e. The third-order valence-electron chi connectivity index (χ3n) is 3.23. The molecule has 1 amide bonds. The topological polar surface area (TPSA) is 59.0 Å². The van der Waals surface area contributed by atoms with Gasteiger partial charge in [0.2, 0.25) is 5.91 Å². The van der Waals surface area contributed by atoms with Crippen molar-refractivity contribution in [1.82, 2.24) is 20.2 Å². The Morgan fingerprint density at radius 1 is 1.53 bits per heavy atom. The molecular weight excluding hydrogens is 240 g/mol. The van der Waals surface area contributed by atoms with Crippen molar-refractivity contribution in [3.63, 3.8) is 0 Å². The number of aromatic nitrogens is 2. The van der Waals surface area contributed by atoms with Crippen molar-refractivity contribution in [2.24, 2.45) is 5.92 Å². The molecule has 19 heavy (non-hydrogen) atoms. The molecule has 2 N–H and O–H groups in total. The molecule has 0 unspecified atom stereocenters. The van der Waals surface area contributed by atoms with Crippen molar-refractivity contribution < 1.29 is 4.79 Å². The fraction of sp³-hybridized carbons (Fsp3) is 0.714. The summed E-state index contributed by atoms with van der Waals surface area (Å²) in [4.78, 5) is 15.7. The lowest BCUT2D eigenvalue weighted by Gasteiger charge is -2.09.